The lowest BCUT2D eigenvalue weighted by Gasteiger charge is -2.16. The zero-order valence-electron chi connectivity index (χ0n) is 19.9. The second-order valence-corrected chi connectivity index (χ2v) is 7.98. The van der Waals surface area contributed by atoms with Gasteiger partial charge in [-0.05, 0) is 29.4 Å². The van der Waals surface area contributed by atoms with Crippen LogP contribution in [-0.2, 0) is 30.1 Å². The van der Waals surface area contributed by atoms with E-state index in [1.165, 1.54) is 22.0 Å². The number of hydrogen-bond acceptors (Lipinski definition) is 6. The maximum absolute atomic E-state index is 5.82. The van der Waals surface area contributed by atoms with Gasteiger partial charge in [0.25, 0.3) is 0 Å². The molecular formula is C27H37NO5. The van der Waals surface area contributed by atoms with Gasteiger partial charge in [-0.3, -0.25) is 0 Å². The molecule has 0 aromatic heterocycles. The van der Waals surface area contributed by atoms with E-state index in [0.29, 0.717) is 65.4 Å². The molecule has 1 unspecified atom stereocenters. The number of hydrogen-bond donors (Lipinski definition) is 1. The van der Waals surface area contributed by atoms with Crippen molar-refractivity contribution in [1.29, 1.82) is 0 Å². The number of allylic oxidation sites excluding steroid dienone is 3. The topological polar surface area (TPSA) is 58.2 Å². The summed E-state index contributed by atoms with van der Waals surface area (Å²) in [5, 5.41) is 6.11. The highest BCUT2D eigenvalue weighted by molar-refractivity contribution is 5.96. The Bertz CT molecular complexity index is 895. The van der Waals surface area contributed by atoms with Crippen molar-refractivity contribution in [3.8, 4) is 0 Å². The van der Waals surface area contributed by atoms with Gasteiger partial charge >= 0.3 is 0 Å². The molecule has 0 aliphatic heterocycles. The van der Waals surface area contributed by atoms with Gasteiger partial charge in [-0.2, -0.15) is 0 Å². The average Bonchev–Trinajstić information content (AvgIpc) is 3.25. The van der Waals surface area contributed by atoms with E-state index in [1.54, 1.807) is 7.11 Å². The van der Waals surface area contributed by atoms with E-state index < -0.39 is 0 Å². The molecule has 2 aromatic rings. The lowest BCUT2D eigenvalue weighted by molar-refractivity contribution is -0.00751. The number of anilines is 1. The fraction of sp³-hybridized carbons (Fsp3) is 0.481. The van der Waals surface area contributed by atoms with Crippen molar-refractivity contribution in [2.24, 2.45) is 5.92 Å². The molecule has 33 heavy (non-hydrogen) atoms. The molecule has 1 aliphatic carbocycles. The summed E-state index contributed by atoms with van der Waals surface area (Å²) in [5.74, 6) is 0.467. The van der Waals surface area contributed by atoms with Gasteiger partial charge in [-0.1, -0.05) is 55.5 Å². The Labute approximate surface area is 197 Å². The fourth-order valence-electron chi connectivity index (χ4n) is 3.64. The van der Waals surface area contributed by atoms with Crippen LogP contribution in [0.3, 0.4) is 0 Å². The summed E-state index contributed by atoms with van der Waals surface area (Å²) < 4.78 is 27.1. The third kappa shape index (κ3) is 8.91. The molecule has 1 N–H and O–H groups in total. The van der Waals surface area contributed by atoms with Crippen LogP contribution < -0.4 is 5.32 Å². The van der Waals surface area contributed by atoms with E-state index in [4.69, 9.17) is 23.7 Å². The summed E-state index contributed by atoms with van der Waals surface area (Å²) >= 11 is 0. The molecule has 1 atom stereocenters. The Balaban J connectivity index is 1.34. The Morgan fingerprint density at radius 2 is 1.39 bits per heavy atom. The summed E-state index contributed by atoms with van der Waals surface area (Å²) in [5.41, 5.74) is 3.57. The van der Waals surface area contributed by atoms with Crippen LogP contribution in [-0.4, -0.2) is 66.6 Å². The number of ether oxygens (including phenoxy) is 5. The van der Waals surface area contributed by atoms with Crippen molar-refractivity contribution in [2.75, 3.05) is 71.9 Å². The largest absolute Gasteiger partial charge is 0.382 e. The highest BCUT2D eigenvalue weighted by Gasteiger charge is 2.11. The highest BCUT2D eigenvalue weighted by atomic mass is 16.6. The molecule has 2 aromatic carbocycles. The number of nitrogens with one attached hydrogen (secondary N) is 1. The second kappa shape index (κ2) is 14.8. The van der Waals surface area contributed by atoms with Gasteiger partial charge in [0.1, 0.15) is 0 Å². The minimum atomic E-state index is 0.467. The number of benzene rings is 2. The van der Waals surface area contributed by atoms with E-state index in [1.807, 2.05) is 0 Å². The van der Waals surface area contributed by atoms with Gasteiger partial charge in [-0.25, -0.2) is 0 Å². The Kier molecular flexibility index (Phi) is 11.4. The molecule has 6 heteroatoms. The van der Waals surface area contributed by atoms with Crippen LogP contribution in [0.15, 0.2) is 60.3 Å². The van der Waals surface area contributed by atoms with Crippen molar-refractivity contribution in [1.82, 2.24) is 0 Å². The van der Waals surface area contributed by atoms with Gasteiger partial charge in [0.15, 0.2) is 0 Å². The first-order valence-electron chi connectivity index (χ1n) is 11.8. The summed E-state index contributed by atoms with van der Waals surface area (Å²) in [6.45, 7) is 7.43. The normalized spacial score (nSPS) is 15.3. The molecule has 1 aliphatic rings. The molecule has 180 valence electrons. The summed E-state index contributed by atoms with van der Waals surface area (Å²) in [6, 6.07) is 12.9. The third-order valence-corrected chi connectivity index (χ3v) is 5.37. The number of rotatable bonds is 17. The van der Waals surface area contributed by atoms with Crippen molar-refractivity contribution in [3.63, 3.8) is 0 Å². The molecule has 0 bridgehead atoms. The van der Waals surface area contributed by atoms with Gasteiger partial charge < -0.3 is 29.0 Å². The first-order valence-corrected chi connectivity index (χ1v) is 11.8. The summed E-state index contributed by atoms with van der Waals surface area (Å²) in [7, 11) is 1.66. The van der Waals surface area contributed by atoms with Crippen LogP contribution in [0.4, 0.5) is 5.69 Å². The summed E-state index contributed by atoms with van der Waals surface area (Å²) in [4.78, 5) is 0. The number of methoxy groups -OCH3 is 1. The maximum Gasteiger partial charge on any atom is 0.0701 e. The Morgan fingerprint density at radius 1 is 0.758 bits per heavy atom. The standard InChI is InChI=1S/C27H37NO5/c1-22-7-10-25(21-22)28-27-24(9-8-23-5-3-4-6-26(23)27)11-12-30-15-16-32-19-20-33-18-17-31-14-13-29-2/h3-10,21-22,28H,11-20H2,1-2H3. The van der Waals surface area contributed by atoms with Gasteiger partial charge in [-0.15, -0.1) is 0 Å². The van der Waals surface area contributed by atoms with E-state index in [-0.39, 0.29) is 0 Å². The first-order chi connectivity index (χ1) is 16.3. The molecule has 0 spiro atoms. The van der Waals surface area contributed by atoms with Crippen molar-refractivity contribution in [2.45, 2.75) is 13.3 Å². The third-order valence-electron chi connectivity index (χ3n) is 5.37. The van der Waals surface area contributed by atoms with E-state index >= 15 is 0 Å². The predicted octanol–water partition coefficient (Wildman–Crippen LogP) is 4.60. The zero-order valence-corrected chi connectivity index (χ0v) is 19.9. The fourth-order valence-corrected chi connectivity index (χ4v) is 3.64. The highest BCUT2D eigenvalue weighted by Crippen LogP contribution is 2.30. The van der Waals surface area contributed by atoms with E-state index in [9.17, 15) is 0 Å². The lowest BCUT2D eigenvalue weighted by Crippen LogP contribution is -2.13. The predicted molar refractivity (Wildman–Crippen MR) is 133 cm³/mol. The zero-order chi connectivity index (χ0) is 23.1. The maximum atomic E-state index is 5.82. The smallest absolute Gasteiger partial charge is 0.0701 e. The molecule has 0 heterocycles. The van der Waals surface area contributed by atoms with Crippen LogP contribution in [0.2, 0.25) is 0 Å². The van der Waals surface area contributed by atoms with Crippen molar-refractivity contribution < 1.29 is 23.7 Å². The molecular weight excluding hydrogens is 418 g/mol. The van der Waals surface area contributed by atoms with Crippen LogP contribution in [0.1, 0.15) is 12.5 Å². The average molecular weight is 456 g/mol. The first kappa shape index (κ1) is 25.4. The van der Waals surface area contributed by atoms with Crippen LogP contribution in [0.25, 0.3) is 10.8 Å². The molecule has 0 amide bonds. The monoisotopic (exact) mass is 455 g/mol. The molecule has 0 saturated heterocycles. The Morgan fingerprint density at radius 3 is 2.03 bits per heavy atom. The molecule has 3 rings (SSSR count). The van der Waals surface area contributed by atoms with Gasteiger partial charge in [0.2, 0.25) is 0 Å². The SMILES string of the molecule is COCCOCCOCCOCCOCCc1ccc2ccccc2c1NC1=CC(C)C=C1. The van der Waals surface area contributed by atoms with Gasteiger partial charge in [0, 0.05) is 23.9 Å². The minimum absolute atomic E-state index is 0.467. The lowest BCUT2D eigenvalue weighted by atomic mass is 10.0. The molecule has 0 saturated carbocycles. The van der Waals surface area contributed by atoms with E-state index in [2.05, 4.69) is 66.9 Å². The Hall–Kier alpha value is -2.22. The van der Waals surface area contributed by atoms with Crippen molar-refractivity contribution >= 4 is 16.5 Å². The number of fused-ring (bicyclic) bond motifs is 1. The summed E-state index contributed by atoms with van der Waals surface area (Å²) in [6.07, 6.45) is 7.45. The van der Waals surface area contributed by atoms with Gasteiger partial charge in [0.05, 0.1) is 59.5 Å². The molecule has 6 nitrogen and oxygen atoms in total. The van der Waals surface area contributed by atoms with Crippen molar-refractivity contribution in [3.05, 3.63) is 65.9 Å². The second-order valence-electron chi connectivity index (χ2n) is 7.98. The quantitative estimate of drug-likeness (QED) is 0.352. The van der Waals surface area contributed by atoms with E-state index in [0.717, 1.165) is 12.1 Å². The minimum Gasteiger partial charge on any atom is -0.382 e. The van der Waals surface area contributed by atoms with Crippen LogP contribution >= 0.6 is 0 Å². The van der Waals surface area contributed by atoms with Crippen LogP contribution in [0.5, 0.6) is 0 Å². The van der Waals surface area contributed by atoms with Crippen LogP contribution in [0, 0.1) is 5.92 Å². The molecule has 0 radical (unpaired) electrons. The molecule has 0 fully saturated rings.